The van der Waals surface area contributed by atoms with E-state index in [0.29, 0.717) is 17.5 Å². The Morgan fingerprint density at radius 2 is 1.20 bits per heavy atom. The van der Waals surface area contributed by atoms with Gasteiger partial charge in [-0.15, -0.1) is 0 Å². The Bertz CT molecular complexity index is 981. The highest BCUT2D eigenvalue weighted by molar-refractivity contribution is 5.65. The molecule has 120 valence electrons. The van der Waals surface area contributed by atoms with Crippen LogP contribution in [-0.4, -0.2) is 19.9 Å². The van der Waals surface area contributed by atoms with E-state index in [2.05, 4.69) is 32.1 Å². The van der Waals surface area contributed by atoms with Crippen LogP contribution in [0.5, 0.6) is 0 Å². The second-order valence-electron chi connectivity index (χ2n) is 5.69. The summed E-state index contributed by atoms with van der Waals surface area (Å²) in [5.74, 6) is 1.93. The number of rotatable bonds is 3. The van der Waals surface area contributed by atoms with E-state index in [0.717, 1.165) is 22.4 Å². The summed E-state index contributed by atoms with van der Waals surface area (Å²) in [7, 11) is 0. The van der Waals surface area contributed by atoms with Crippen molar-refractivity contribution in [3.8, 4) is 34.0 Å². The zero-order valence-electron chi connectivity index (χ0n) is 13.8. The Labute approximate surface area is 146 Å². The molecular formula is C21H16N4. The van der Waals surface area contributed by atoms with E-state index in [9.17, 15) is 0 Å². The minimum Gasteiger partial charge on any atom is -0.252 e. The highest BCUT2D eigenvalue weighted by Gasteiger charge is 2.09. The summed E-state index contributed by atoms with van der Waals surface area (Å²) >= 11 is 0. The Balaban J connectivity index is 1.71. The maximum absolute atomic E-state index is 4.59. The van der Waals surface area contributed by atoms with Crippen molar-refractivity contribution in [2.24, 2.45) is 0 Å². The Hall–Kier alpha value is -3.40. The zero-order chi connectivity index (χ0) is 17.1. The summed E-state index contributed by atoms with van der Waals surface area (Å²) in [5.41, 5.74) is 3.91. The van der Waals surface area contributed by atoms with Crippen LogP contribution in [0.25, 0.3) is 34.0 Å². The van der Waals surface area contributed by atoms with Gasteiger partial charge in [0, 0.05) is 17.3 Å². The summed E-state index contributed by atoms with van der Waals surface area (Å²) in [4.78, 5) is 18.0. The number of pyridine rings is 1. The van der Waals surface area contributed by atoms with Gasteiger partial charge < -0.3 is 0 Å². The topological polar surface area (TPSA) is 51.6 Å². The molecule has 0 radical (unpaired) electrons. The first-order chi connectivity index (χ1) is 12.3. The molecule has 0 saturated carbocycles. The molecule has 4 heteroatoms. The lowest BCUT2D eigenvalue weighted by molar-refractivity contribution is 0.983. The van der Waals surface area contributed by atoms with E-state index in [1.165, 1.54) is 0 Å². The molecule has 4 rings (SSSR count). The first-order valence-corrected chi connectivity index (χ1v) is 8.09. The van der Waals surface area contributed by atoms with E-state index in [1.54, 1.807) is 0 Å². The number of hydrogen-bond donors (Lipinski definition) is 0. The lowest BCUT2D eigenvalue weighted by Gasteiger charge is -2.06. The molecule has 0 N–H and O–H groups in total. The highest BCUT2D eigenvalue weighted by Crippen LogP contribution is 2.22. The molecule has 0 aliphatic carbocycles. The van der Waals surface area contributed by atoms with Gasteiger partial charge in [-0.05, 0) is 18.6 Å². The quantitative estimate of drug-likeness (QED) is 0.553. The first kappa shape index (κ1) is 15.1. The van der Waals surface area contributed by atoms with Crippen molar-refractivity contribution in [3.05, 3.63) is 84.8 Å². The van der Waals surface area contributed by atoms with Crippen LogP contribution in [0.1, 0.15) is 5.82 Å². The second-order valence-corrected chi connectivity index (χ2v) is 5.69. The van der Waals surface area contributed by atoms with Gasteiger partial charge in [-0.1, -0.05) is 66.7 Å². The van der Waals surface area contributed by atoms with Gasteiger partial charge in [0.1, 0.15) is 11.5 Å². The van der Waals surface area contributed by atoms with Gasteiger partial charge in [0.25, 0.3) is 0 Å². The third-order valence-corrected chi connectivity index (χ3v) is 3.88. The van der Waals surface area contributed by atoms with E-state index >= 15 is 0 Å². The molecule has 0 bridgehead atoms. The van der Waals surface area contributed by atoms with Crippen LogP contribution in [0.15, 0.2) is 79.0 Å². The summed E-state index contributed by atoms with van der Waals surface area (Å²) in [5, 5.41) is 0. The molecule has 0 aliphatic rings. The first-order valence-electron chi connectivity index (χ1n) is 8.09. The van der Waals surface area contributed by atoms with Gasteiger partial charge >= 0.3 is 0 Å². The van der Waals surface area contributed by atoms with E-state index in [4.69, 9.17) is 0 Å². The molecule has 0 saturated heterocycles. The van der Waals surface area contributed by atoms with Gasteiger partial charge in [-0.25, -0.2) is 15.0 Å². The molecular weight excluding hydrogens is 308 g/mol. The summed E-state index contributed by atoms with van der Waals surface area (Å²) in [6.45, 7) is 1.87. The molecule has 2 aromatic carbocycles. The van der Waals surface area contributed by atoms with Gasteiger partial charge in [0.15, 0.2) is 11.6 Å². The second kappa shape index (κ2) is 6.61. The molecule has 2 heterocycles. The number of hydrogen-bond acceptors (Lipinski definition) is 4. The number of benzene rings is 2. The van der Waals surface area contributed by atoms with Crippen molar-refractivity contribution >= 4 is 0 Å². The van der Waals surface area contributed by atoms with Crippen LogP contribution < -0.4 is 0 Å². The summed E-state index contributed by atoms with van der Waals surface area (Å²) < 4.78 is 0. The fraction of sp³-hybridized carbons (Fsp3) is 0.0476. The Kier molecular flexibility index (Phi) is 4.01. The van der Waals surface area contributed by atoms with Crippen LogP contribution in [0, 0.1) is 6.92 Å². The fourth-order valence-corrected chi connectivity index (χ4v) is 2.64. The predicted octanol–water partition coefficient (Wildman–Crippen LogP) is 4.58. The minimum atomic E-state index is 0.589. The zero-order valence-corrected chi connectivity index (χ0v) is 13.8. The van der Waals surface area contributed by atoms with Gasteiger partial charge in [0.05, 0.1) is 0 Å². The Morgan fingerprint density at radius 1 is 0.560 bits per heavy atom. The molecule has 0 atom stereocenters. The van der Waals surface area contributed by atoms with Crippen LogP contribution >= 0.6 is 0 Å². The third kappa shape index (κ3) is 3.28. The SMILES string of the molecule is Cc1nc(-c2ccccc2)nc(-c2ccc(-c3ccccc3)cn2)n1. The van der Waals surface area contributed by atoms with Crippen molar-refractivity contribution in [2.45, 2.75) is 6.92 Å². The van der Waals surface area contributed by atoms with E-state index in [-0.39, 0.29) is 0 Å². The lowest BCUT2D eigenvalue weighted by atomic mass is 10.1. The molecule has 0 fully saturated rings. The molecule has 0 spiro atoms. The molecule has 2 aromatic heterocycles. The van der Waals surface area contributed by atoms with Crippen LogP contribution in [0.4, 0.5) is 0 Å². The average molecular weight is 324 g/mol. The maximum atomic E-state index is 4.59. The summed E-state index contributed by atoms with van der Waals surface area (Å²) in [6, 6.07) is 24.1. The van der Waals surface area contributed by atoms with Crippen molar-refractivity contribution in [3.63, 3.8) is 0 Å². The molecule has 4 nitrogen and oxygen atoms in total. The molecule has 4 aromatic rings. The molecule has 0 amide bonds. The molecule has 25 heavy (non-hydrogen) atoms. The number of nitrogens with zero attached hydrogens (tertiary/aromatic N) is 4. The lowest BCUT2D eigenvalue weighted by Crippen LogP contribution is -2.00. The minimum absolute atomic E-state index is 0.589. The van der Waals surface area contributed by atoms with E-state index in [1.807, 2.05) is 73.8 Å². The van der Waals surface area contributed by atoms with Crippen molar-refractivity contribution in [2.75, 3.05) is 0 Å². The molecule has 0 aliphatic heterocycles. The predicted molar refractivity (Wildman–Crippen MR) is 98.7 cm³/mol. The van der Waals surface area contributed by atoms with Crippen LogP contribution in [-0.2, 0) is 0 Å². The highest BCUT2D eigenvalue weighted by atomic mass is 15.0. The van der Waals surface area contributed by atoms with Crippen LogP contribution in [0.2, 0.25) is 0 Å². The van der Waals surface area contributed by atoms with Crippen molar-refractivity contribution in [1.29, 1.82) is 0 Å². The maximum Gasteiger partial charge on any atom is 0.182 e. The van der Waals surface area contributed by atoms with Gasteiger partial charge in [-0.2, -0.15) is 0 Å². The monoisotopic (exact) mass is 324 g/mol. The Morgan fingerprint density at radius 3 is 1.84 bits per heavy atom. The van der Waals surface area contributed by atoms with Crippen molar-refractivity contribution in [1.82, 2.24) is 19.9 Å². The van der Waals surface area contributed by atoms with Gasteiger partial charge in [0.2, 0.25) is 0 Å². The smallest absolute Gasteiger partial charge is 0.182 e. The average Bonchev–Trinajstić information content (AvgIpc) is 2.69. The largest absolute Gasteiger partial charge is 0.252 e. The number of aromatic nitrogens is 4. The normalized spacial score (nSPS) is 10.6. The van der Waals surface area contributed by atoms with Crippen LogP contribution in [0.3, 0.4) is 0 Å². The fourth-order valence-electron chi connectivity index (χ4n) is 2.64. The molecule has 0 unspecified atom stereocenters. The standard InChI is InChI=1S/C21H16N4/c1-15-23-20(17-10-6-3-7-11-17)25-21(24-15)19-13-12-18(14-22-19)16-8-4-2-5-9-16/h2-14H,1H3. The van der Waals surface area contributed by atoms with Crippen molar-refractivity contribution < 1.29 is 0 Å². The van der Waals surface area contributed by atoms with Gasteiger partial charge in [-0.3, -0.25) is 4.98 Å². The summed E-state index contributed by atoms with van der Waals surface area (Å²) in [6.07, 6.45) is 1.85. The number of aryl methyl sites for hydroxylation is 1. The van der Waals surface area contributed by atoms with E-state index < -0.39 is 0 Å². The third-order valence-electron chi connectivity index (χ3n) is 3.88.